The van der Waals surface area contributed by atoms with E-state index in [1.807, 2.05) is 0 Å². The number of nitrogens with zero attached hydrogens (tertiary/aromatic N) is 2. The molecule has 36 heavy (non-hydrogen) atoms. The third kappa shape index (κ3) is 3.81. The van der Waals surface area contributed by atoms with E-state index in [9.17, 15) is 19.5 Å². The Kier molecular flexibility index (Phi) is 6.99. The molecule has 0 saturated carbocycles. The highest BCUT2D eigenvalue weighted by atomic mass is 16.6. The van der Waals surface area contributed by atoms with E-state index in [0.29, 0.717) is 24.3 Å². The zero-order valence-corrected chi connectivity index (χ0v) is 21.0. The summed E-state index contributed by atoms with van der Waals surface area (Å²) < 4.78 is 17.2. The molecule has 3 aliphatic heterocycles. The summed E-state index contributed by atoms with van der Waals surface area (Å²) >= 11 is 0. The first-order chi connectivity index (χ1) is 17.2. The van der Waals surface area contributed by atoms with Gasteiger partial charge in [0.1, 0.15) is 29.9 Å². The molecule has 0 aromatic heterocycles. The lowest BCUT2D eigenvalue weighted by Crippen LogP contribution is -2.58. The van der Waals surface area contributed by atoms with E-state index in [4.69, 9.17) is 14.2 Å². The predicted molar refractivity (Wildman–Crippen MR) is 132 cm³/mol. The third-order valence-corrected chi connectivity index (χ3v) is 7.75. The number of fused-ring (bicyclic) bond motifs is 1. The largest absolute Gasteiger partial charge is 0.497 e. The van der Waals surface area contributed by atoms with E-state index >= 15 is 0 Å². The van der Waals surface area contributed by atoms with E-state index < -0.39 is 41.1 Å². The fraction of sp³-hybridized carbons (Fsp3) is 0.519. The number of aliphatic hydroxyl groups excluding tert-OH is 1. The first-order valence-corrected chi connectivity index (χ1v) is 12.2. The van der Waals surface area contributed by atoms with Crippen molar-refractivity contribution in [2.24, 2.45) is 11.8 Å². The molecule has 3 saturated heterocycles. The van der Waals surface area contributed by atoms with Crippen LogP contribution >= 0.6 is 0 Å². The molecule has 1 spiro atoms. The number of carbonyl (C=O) groups excluding carboxylic acids is 3. The van der Waals surface area contributed by atoms with Crippen molar-refractivity contribution in [1.29, 1.82) is 0 Å². The third-order valence-electron chi connectivity index (χ3n) is 7.75. The molecule has 9 heteroatoms. The van der Waals surface area contributed by atoms with Crippen LogP contribution in [0.1, 0.15) is 26.7 Å². The van der Waals surface area contributed by atoms with Gasteiger partial charge in [0.2, 0.25) is 5.91 Å². The minimum absolute atomic E-state index is 0.0169. The van der Waals surface area contributed by atoms with Crippen LogP contribution in [0.5, 0.6) is 5.75 Å². The number of methoxy groups -OCH3 is 1. The molecule has 2 bridgehead atoms. The summed E-state index contributed by atoms with van der Waals surface area (Å²) in [7, 11) is 1.56. The summed E-state index contributed by atoms with van der Waals surface area (Å²) in [4.78, 5) is 44.3. The minimum atomic E-state index is -1.21. The Morgan fingerprint density at radius 3 is 2.56 bits per heavy atom. The summed E-state index contributed by atoms with van der Waals surface area (Å²) in [6.07, 6.45) is 4.01. The lowest BCUT2D eigenvalue weighted by molar-refractivity contribution is -0.159. The van der Waals surface area contributed by atoms with Gasteiger partial charge in [-0.2, -0.15) is 0 Å². The summed E-state index contributed by atoms with van der Waals surface area (Å²) in [5, 5.41) is 10.0. The maximum Gasteiger partial charge on any atom is 0.313 e. The Bertz CT molecular complexity index is 1060. The van der Waals surface area contributed by atoms with Gasteiger partial charge >= 0.3 is 5.97 Å². The zero-order chi connectivity index (χ0) is 26.3. The number of hydrogen-bond donors (Lipinski definition) is 1. The number of aliphatic hydroxyl groups is 1. The van der Waals surface area contributed by atoms with Crippen molar-refractivity contribution < 1.29 is 33.7 Å². The lowest BCUT2D eigenvalue weighted by Gasteiger charge is -2.38. The average Bonchev–Trinajstić information content (AvgIpc) is 3.45. The standard InChI is InChI=1S/C27H34N2O7/c1-6-14-28(18-8-10-19(34-5)11-9-18)24(32)22-27-13-12-26(4,36-27)21(25(33)35-15-7-2)20(27)23(31)29(22)17(3)16-30/h6-11,17,20-22,30H,1-2,12-16H2,3-5H3/t17-,20+,21-,22?,26+,27?/m1/s1. The molecule has 2 unspecified atom stereocenters. The number of rotatable bonds is 10. The SMILES string of the molecule is C=CCOC(=O)[C@H]1[C@H]2C(=O)N([C@H](C)CO)C(C(=O)N(CC=C)c3ccc(OC)cc3)C23CC[C@]1(C)O3. The second-order valence-corrected chi connectivity index (χ2v) is 9.86. The van der Waals surface area contributed by atoms with Gasteiger partial charge in [-0.3, -0.25) is 14.4 Å². The molecular formula is C27H34N2O7. The van der Waals surface area contributed by atoms with Gasteiger partial charge in [0.25, 0.3) is 5.91 Å². The quantitative estimate of drug-likeness (QED) is 0.389. The Morgan fingerprint density at radius 1 is 1.28 bits per heavy atom. The summed E-state index contributed by atoms with van der Waals surface area (Å²) in [6.45, 7) is 10.7. The van der Waals surface area contributed by atoms with Crippen LogP contribution in [0.4, 0.5) is 5.69 Å². The van der Waals surface area contributed by atoms with E-state index in [2.05, 4.69) is 13.2 Å². The molecule has 0 radical (unpaired) electrons. The molecule has 1 N–H and O–H groups in total. The highest BCUT2D eigenvalue weighted by molar-refractivity contribution is 6.05. The number of anilines is 1. The fourth-order valence-electron chi connectivity index (χ4n) is 6.16. The van der Waals surface area contributed by atoms with Gasteiger partial charge in [0.05, 0.1) is 31.3 Å². The van der Waals surface area contributed by atoms with Crippen LogP contribution in [-0.2, 0) is 23.9 Å². The van der Waals surface area contributed by atoms with Crippen LogP contribution in [0.3, 0.4) is 0 Å². The molecule has 3 heterocycles. The van der Waals surface area contributed by atoms with Crippen LogP contribution in [0.25, 0.3) is 0 Å². The number of amides is 2. The van der Waals surface area contributed by atoms with Crippen LogP contribution in [0.15, 0.2) is 49.6 Å². The summed E-state index contributed by atoms with van der Waals surface area (Å²) in [6, 6.07) is 5.33. The summed E-state index contributed by atoms with van der Waals surface area (Å²) in [5.74, 6) is -2.40. The molecule has 6 atom stereocenters. The molecule has 0 aliphatic carbocycles. The Morgan fingerprint density at radius 2 is 1.97 bits per heavy atom. The first-order valence-electron chi connectivity index (χ1n) is 12.2. The average molecular weight is 499 g/mol. The van der Waals surface area contributed by atoms with Crippen LogP contribution < -0.4 is 9.64 Å². The maximum absolute atomic E-state index is 14.3. The van der Waals surface area contributed by atoms with Gasteiger partial charge < -0.3 is 29.1 Å². The zero-order valence-electron chi connectivity index (χ0n) is 21.0. The molecular weight excluding hydrogens is 464 g/mol. The number of hydrogen-bond acceptors (Lipinski definition) is 7. The molecule has 1 aromatic rings. The molecule has 1 aromatic carbocycles. The van der Waals surface area contributed by atoms with Crippen molar-refractivity contribution >= 4 is 23.5 Å². The molecule has 3 fully saturated rings. The maximum atomic E-state index is 14.3. The highest BCUT2D eigenvalue weighted by Gasteiger charge is 2.79. The molecule has 9 nitrogen and oxygen atoms in total. The van der Waals surface area contributed by atoms with Crippen molar-refractivity contribution in [3.05, 3.63) is 49.6 Å². The van der Waals surface area contributed by atoms with Gasteiger partial charge in [-0.05, 0) is 51.0 Å². The monoisotopic (exact) mass is 498 g/mol. The number of likely N-dealkylation sites (tertiary alicyclic amines) is 1. The van der Waals surface area contributed by atoms with Crippen LogP contribution in [0.2, 0.25) is 0 Å². The van der Waals surface area contributed by atoms with Gasteiger partial charge in [-0.1, -0.05) is 18.7 Å². The Balaban J connectivity index is 1.79. The number of esters is 1. The molecule has 194 valence electrons. The Hall–Kier alpha value is -3.17. The fourth-order valence-corrected chi connectivity index (χ4v) is 6.16. The van der Waals surface area contributed by atoms with Gasteiger partial charge in [0.15, 0.2) is 0 Å². The van der Waals surface area contributed by atoms with E-state index in [1.54, 1.807) is 56.2 Å². The van der Waals surface area contributed by atoms with E-state index in [-0.39, 0.29) is 31.6 Å². The predicted octanol–water partition coefficient (Wildman–Crippen LogP) is 2.09. The number of carbonyl (C=O) groups is 3. The van der Waals surface area contributed by atoms with Crippen molar-refractivity contribution in [3.63, 3.8) is 0 Å². The number of ether oxygens (including phenoxy) is 3. The topological polar surface area (TPSA) is 106 Å². The smallest absolute Gasteiger partial charge is 0.313 e. The highest BCUT2D eigenvalue weighted by Crippen LogP contribution is 2.63. The normalized spacial score (nSPS) is 31.1. The van der Waals surface area contributed by atoms with E-state index in [1.165, 1.54) is 11.0 Å². The van der Waals surface area contributed by atoms with Crippen LogP contribution in [-0.4, -0.2) is 77.9 Å². The van der Waals surface area contributed by atoms with E-state index in [0.717, 1.165) is 0 Å². The molecule has 3 aliphatic rings. The van der Waals surface area contributed by atoms with Crippen molar-refractivity contribution in [3.8, 4) is 5.75 Å². The van der Waals surface area contributed by atoms with Crippen molar-refractivity contribution in [1.82, 2.24) is 4.90 Å². The van der Waals surface area contributed by atoms with Crippen molar-refractivity contribution in [2.75, 3.05) is 31.8 Å². The van der Waals surface area contributed by atoms with Crippen molar-refractivity contribution in [2.45, 2.75) is 50.0 Å². The van der Waals surface area contributed by atoms with Gasteiger partial charge in [-0.25, -0.2) is 0 Å². The molecule has 2 amide bonds. The second kappa shape index (κ2) is 9.71. The van der Waals surface area contributed by atoms with Gasteiger partial charge in [0, 0.05) is 12.2 Å². The number of benzene rings is 1. The summed E-state index contributed by atoms with van der Waals surface area (Å²) in [5.41, 5.74) is -1.55. The van der Waals surface area contributed by atoms with Gasteiger partial charge in [-0.15, -0.1) is 6.58 Å². The second-order valence-electron chi connectivity index (χ2n) is 9.86. The first kappa shape index (κ1) is 25.9. The Labute approximate surface area is 211 Å². The lowest BCUT2D eigenvalue weighted by atomic mass is 9.66. The minimum Gasteiger partial charge on any atom is -0.497 e. The molecule has 4 rings (SSSR count). The van der Waals surface area contributed by atoms with Crippen LogP contribution in [0, 0.1) is 11.8 Å².